The topological polar surface area (TPSA) is 62.4 Å². The molecule has 0 saturated heterocycles. The Morgan fingerprint density at radius 2 is 1.96 bits per heavy atom. The number of ether oxygens (including phenoxy) is 1. The second-order valence-electron chi connectivity index (χ2n) is 6.64. The molecular formula is C21H25N3O2. The third kappa shape index (κ3) is 4.86. The van der Waals surface area contributed by atoms with E-state index >= 15 is 0 Å². The zero-order valence-corrected chi connectivity index (χ0v) is 15.2. The Labute approximate surface area is 154 Å². The van der Waals surface area contributed by atoms with E-state index in [9.17, 15) is 4.79 Å². The Morgan fingerprint density at radius 3 is 2.65 bits per heavy atom. The van der Waals surface area contributed by atoms with Crippen molar-refractivity contribution in [2.45, 2.75) is 32.4 Å². The molecule has 1 heterocycles. The monoisotopic (exact) mass is 351 g/mol. The number of carbonyl (C=O) groups is 1. The number of benzene rings is 2. The molecule has 0 fully saturated rings. The number of hydrogen-bond donors (Lipinski definition) is 3. The molecule has 1 atom stereocenters. The molecule has 3 N–H and O–H groups in total. The molecule has 136 valence electrons. The fraction of sp³-hybridized carbons (Fsp3) is 0.286. The summed E-state index contributed by atoms with van der Waals surface area (Å²) in [7, 11) is 0. The molecule has 5 nitrogen and oxygen atoms in total. The van der Waals surface area contributed by atoms with E-state index in [2.05, 4.69) is 16.0 Å². The van der Waals surface area contributed by atoms with Gasteiger partial charge in [-0.1, -0.05) is 56.3 Å². The van der Waals surface area contributed by atoms with Gasteiger partial charge < -0.3 is 20.7 Å². The summed E-state index contributed by atoms with van der Waals surface area (Å²) in [6.07, 6.45) is 2.47. The van der Waals surface area contributed by atoms with Crippen molar-refractivity contribution in [2.75, 3.05) is 12.0 Å². The lowest BCUT2D eigenvalue weighted by molar-refractivity contribution is -0.118. The molecule has 0 saturated carbocycles. The normalized spacial score (nSPS) is 14.3. The number of hydrogen-bond acceptors (Lipinski definition) is 4. The van der Waals surface area contributed by atoms with Crippen molar-refractivity contribution < 1.29 is 9.53 Å². The number of amides is 1. The molecule has 26 heavy (non-hydrogen) atoms. The van der Waals surface area contributed by atoms with Crippen molar-refractivity contribution >= 4 is 17.4 Å². The van der Waals surface area contributed by atoms with E-state index in [4.69, 9.17) is 4.74 Å². The largest absolute Gasteiger partial charge is 0.471 e. The second-order valence-corrected chi connectivity index (χ2v) is 6.64. The van der Waals surface area contributed by atoms with Gasteiger partial charge in [-0.3, -0.25) is 4.79 Å². The van der Waals surface area contributed by atoms with Gasteiger partial charge in [-0.15, -0.1) is 0 Å². The molecule has 0 spiro atoms. The van der Waals surface area contributed by atoms with E-state index in [-0.39, 0.29) is 18.0 Å². The van der Waals surface area contributed by atoms with Gasteiger partial charge >= 0.3 is 0 Å². The molecule has 3 rings (SSSR count). The number of anilines is 1. The molecular weight excluding hydrogens is 326 g/mol. The van der Waals surface area contributed by atoms with Gasteiger partial charge in [0.25, 0.3) is 0 Å². The molecule has 2 aromatic carbocycles. The van der Waals surface area contributed by atoms with Gasteiger partial charge in [-0.05, 0) is 24.1 Å². The van der Waals surface area contributed by atoms with E-state index in [0.29, 0.717) is 13.2 Å². The highest BCUT2D eigenvalue weighted by Gasteiger charge is 2.20. The molecule has 0 radical (unpaired) electrons. The van der Waals surface area contributed by atoms with Gasteiger partial charge in [0, 0.05) is 23.5 Å². The van der Waals surface area contributed by atoms with Crippen molar-refractivity contribution in [2.24, 2.45) is 0 Å². The summed E-state index contributed by atoms with van der Waals surface area (Å²) in [6.45, 7) is 4.56. The van der Waals surface area contributed by atoms with Crippen molar-refractivity contribution in [3.63, 3.8) is 0 Å². The first-order valence-electron chi connectivity index (χ1n) is 8.89. The first-order chi connectivity index (χ1) is 12.6. The number of rotatable bonds is 7. The molecule has 1 aliphatic heterocycles. The second kappa shape index (κ2) is 8.54. The van der Waals surface area contributed by atoms with Crippen LogP contribution in [0.5, 0.6) is 0 Å². The third-order valence-corrected chi connectivity index (χ3v) is 4.09. The highest BCUT2D eigenvalue weighted by Crippen LogP contribution is 2.21. The standard InChI is InChI=1S/C21H25N3O2/c1-15(2)23-19(11-16-7-4-3-5-8-16)21(25)24-18-10-6-9-17(12-18)20-13-22-14-26-20/h3-10,12-13,15,19,22-23H,11,14H2,1-2H3,(H,24,25)/t19-/m0/s1. The Morgan fingerprint density at radius 1 is 1.15 bits per heavy atom. The van der Waals surface area contributed by atoms with E-state index in [1.807, 2.05) is 74.6 Å². The van der Waals surface area contributed by atoms with Gasteiger partial charge in [-0.2, -0.15) is 0 Å². The zero-order chi connectivity index (χ0) is 18.4. The Kier molecular flexibility index (Phi) is 5.92. The fourth-order valence-electron chi connectivity index (χ4n) is 2.92. The van der Waals surface area contributed by atoms with Crippen LogP contribution in [0.15, 0.2) is 60.8 Å². The summed E-state index contributed by atoms with van der Waals surface area (Å²) in [5.41, 5.74) is 2.82. The molecule has 0 unspecified atom stereocenters. The fourth-order valence-corrected chi connectivity index (χ4v) is 2.92. The summed E-state index contributed by atoms with van der Waals surface area (Å²) in [6, 6.07) is 17.6. The quantitative estimate of drug-likeness (QED) is 0.717. The first-order valence-corrected chi connectivity index (χ1v) is 8.89. The van der Waals surface area contributed by atoms with Crippen LogP contribution >= 0.6 is 0 Å². The average Bonchev–Trinajstić information content (AvgIpc) is 3.17. The van der Waals surface area contributed by atoms with Crippen molar-refractivity contribution in [1.82, 2.24) is 10.6 Å². The maximum Gasteiger partial charge on any atom is 0.241 e. The van der Waals surface area contributed by atoms with Crippen LogP contribution < -0.4 is 16.0 Å². The van der Waals surface area contributed by atoms with Crippen LogP contribution in [0.25, 0.3) is 5.76 Å². The van der Waals surface area contributed by atoms with Crippen LogP contribution in [0, 0.1) is 0 Å². The summed E-state index contributed by atoms with van der Waals surface area (Å²) in [5, 5.41) is 9.40. The van der Waals surface area contributed by atoms with Gasteiger partial charge in [-0.25, -0.2) is 0 Å². The first kappa shape index (κ1) is 18.0. The maximum absolute atomic E-state index is 12.9. The van der Waals surface area contributed by atoms with E-state index in [1.165, 1.54) is 0 Å². The molecule has 0 aromatic heterocycles. The van der Waals surface area contributed by atoms with E-state index in [0.717, 1.165) is 22.6 Å². The minimum Gasteiger partial charge on any atom is -0.471 e. The van der Waals surface area contributed by atoms with E-state index in [1.54, 1.807) is 0 Å². The van der Waals surface area contributed by atoms with Crippen molar-refractivity contribution in [3.05, 3.63) is 71.9 Å². The molecule has 0 aliphatic carbocycles. The lowest BCUT2D eigenvalue weighted by Gasteiger charge is -2.21. The minimum atomic E-state index is -0.301. The van der Waals surface area contributed by atoms with Crippen LogP contribution in [0.1, 0.15) is 25.0 Å². The third-order valence-electron chi connectivity index (χ3n) is 4.09. The smallest absolute Gasteiger partial charge is 0.241 e. The molecule has 2 aromatic rings. The van der Waals surface area contributed by atoms with Crippen LogP contribution in [0.2, 0.25) is 0 Å². The molecule has 1 amide bonds. The predicted octanol–water partition coefficient (Wildman–Crippen LogP) is 3.11. The molecule has 5 heteroatoms. The van der Waals surface area contributed by atoms with Crippen LogP contribution in [0.4, 0.5) is 5.69 Å². The summed E-state index contributed by atoms with van der Waals surface area (Å²) in [5.74, 6) is 0.737. The van der Waals surface area contributed by atoms with E-state index < -0.39 is 0 Å². The lowest BCUT2D eigenvalue weighted by atomic mass is 10.0. The number of nitrogens with one attached hydrogen (secondary N) is 3. The predicted molar refractivity (Wildman–Crippen MR) is 104 cm³/mol. The van der Waals surface area contributed by atoms with Crippen LogP contribution in [-0.2, 0) is 16.0 Å². The summed E-state index contributed by atoms with van der Waals surface area (Å²) >= 11 is 0. The Balaban J connectivity index is 1.71. The average molecular weight is 351 g/mol. The van der Waals surface area contributed by atoms with Crippen LogP contribution in [-0.4, -0.2) is 24.7 Å². The Hall–Kier alpha value is -2.79. The van der Waals surface area contributed by atoms with Crippen molar-refractivity contribution in [1.29, 1.82) is 0 Å². The van der Waals surface area contributed by atoms with Gasteiger partial charge in [0.2, 0.25) is 5.91 Å². The molecule has 1 aliphatic rings. The van der Waals surface area contributed by atoms with Gasteiger partial charge in [0.15, 0.2) is 6.73 Å². The van der Waals surface area contributed by atoms with Gasteiger partial charge in [0.05, 0.1) is 6.04 Å². The van der Waals surface area contributed by atoms with Crippen molar-refractivity contribution in [3.8, 4) is 0 Å². The highest BCUT2D eigenvalue weighted by molar-refractivity contribution is 5.95. The van der Waals surface area contributed by atoms with Crippen LogP contribution in [0.3, 0.4) is 0 Å². The Bertz CT molecular complexity index is 772. The summed E-state index contributed by atoms with van der Waals surface area (Å²) in [4.78, 5) is 12.9. The summed E-state index contributed by atoms with van der Waals surface area (Å²) < 4.78 is 5.50. The lowest BCUT2D eigenvalue weighted by Crippen LogP contribution is -2.45. The minimum absolute atomic E-state index is 0.0425. The molecule has 0 bridgehead atoms. The highest BCUT2D eigenvalue weighted by atomic mass is 16.5. The zero-order valence-electron chi connectivity index (χ0n) is 15.2. The number of carbonyl (C=O) groups excluding carboxylic acids is 1. The van der Waals surface area contributed by atoms with Gasteiger partial charge in [0.1, 0.15) is 5.76 Å². The maximum atomic E-state index is 12.9. The SMILES string of the molecule is CC(C)N[C@@H](Cc1ccccc1)C(=O)Nc1cccc(C2=CNCO2)c1.